The van der Waals surface area contributed by atoms with E-state index in [-0.39, 0.29) is 12.1 Å². The van der Waals surface area contributed by atoms with Crippen LogP contribution in [-0.2, 0) is 9.53 Å². The monoisotopic (exact) mass is 334 g/mol. The fraction of sp³-hybridized carbons (Fsp3) is 0.773. The van der Waals surface area contributed by atoms with Crippen molar-refractivity contribution in [2.75, 3.05) is 0 Å². The Hall–Kier alpha value is -1.05. The Morgan fingerprint density at radius 3 is 2.29 bits per heavy atom. The SMILES string of the molecule is C=C(C)C1CC=C(C)C(OC(=O)CCCCCCCCCCC)C1. The molecule has 0 saturated carbocycles. The summed E-state index contributed by atoms with van der Waals surface area (Å²) in [4.78, 5) is 12.1. The van der Waals surface area contributed by atoms with Gasteiger partial charge in [-0.3, -0.25) is 4.79 Å². The molecule has 0 aromatic rings. The summed E-state index contributed by atoms with van der Waals surface area (Å²) >= 11 is 0. The molecule has 0 aromatic carbocycles. The Bertz CT molecular complexity index is 408. The molecule has 0 bridgehead atoms. The molecule has 2 heteroatoms. The number of hydrogen-bond donors (Lipinski definition) is 0. The smallest absolute Gasteiger partial charge is 0.306 e. The van der Waals surface area contributed by atoms with E-state index in [0.29, 0.717) is 12.3 Å². The summed E-state index contributed by atoms with van der Waals surface area (Å²) in [6.07, 6.45) is 16.1. The number of carbonyl (C=O) groups excluding carboxylic acids is 1. The van der Waals surface area contributed by atoms with Gasteiger partial charge in [0.25, 0.3) is 0 Å². The topological polar surface area (TPSA) is 26.3 Å². The van der Waals surface area contributed by atoms with Crippen LogP contribution in [0.15, 0.2) is 23.8 Å². The highest BCUT2D eigenvalue weighted by molar-refractivity contribution is 5.69. The van der Waals surface area contributed by atoms with Crippen LogP contribution in [0.5, 0.6) is 0 Å². The highest BCUT2D eigenvalue weighted by Crippen LogP contribution is 2.30. The van der Waals surface area contributed by atoms with E-state index in [1.54, 1.807) is 0 Å². The summed E-state index contributed by atoms with van der Waals surface area (Å²) in [5.74, 6) is 0.428. The van der Waals surface area contributed by atoms with Crippen LogP contribution in [0.3, 0.4) is 0 Å². The molecule has 0 radical (unpaired) electrons. The van der Waals surface area contributed by atoms with Gasteiger partial charge >= 0.3 is 5.97 Å². The molecule has 2 unspecified atom stereocenters. The van der Waals surface area contributed by atoms with Gasteiger partial charge in [-0.25, -0.2) is 0 Å². The summed E-state index contributed by atoms with van der Waals surface area (Å²) in [6.45, 7) is 10.4. The second-order valence-corrected chi connectivity index (χ2v) is 7.52. The van der Waals surface area contributed by atoms with Gasteiger partial charge in [-0.15, -0.1) is 0 Å². The number of carbonyl (C=O) groups is 1. The number of esters is 1. The zero-order valence-corrected chi connectivity index (χ0v) is 16.2. The van der Waals surface area contributed by atoms with Gasteiger partial charge in [0.2, 0.25) is 0 Å². The highest BCUT2D eigenvalue weighted by Gasteiger charge is 2.25. The molecular formula is C22H38O2. The van der Waals surface area contributed by atoms with Gasteiger partial charge in [-0.05, 0) is 44.6 Å². The molecule has 1 aliphatic carbocycles. The fourth-order valence-electron chi connectivity index (χ4n) is 3.34. The van der Waals surface area contributed by atoms with Crippen molar-refractivity contribution in [3.63, 3.8) is 0 Å². The fourth-order valence-corrected chi connectivity index (χ4v) is 3.34. The maximum absolute atomic E-state index is 12.1. The molecule has 1 aliphatic rings. The summed E-state index contributed by atoms with van der Waals surface area (Å²) in [7, 11) is 0. The third-order valence-electron chi connectivity index (χ3n) is 5.19. The van der Waals surface area contributed by atoms with Gasteiger partial charge < -0.3 is 4.74 Å². The van der Waals surface area contributed by atoms with Crippen LogP contribution in [0.1, 0.15) is 97.8 Å². The third-order valence-corrected chi connectivity index (χ3v) is 5.19. The van der Waals surface area contributed by atoms with Crippen molar-refractivity contribution >= 4 is 5.97 Å². The highest BCUT2D eigenvalue weighted by atomic mass is 16.5. The largest absolute Gasteiger partial charge is 0.458 e. The van der Waals surface area contributed by atoms with E-state index in [9.17, 15) is 4.79 Å². The van der Waals surface area contributed by atoms with E-state index in [4.69, 9.17) is 4.74 Å². The minimum atomic E-state index is -0.0356. The summed E-state index contributed by atoms with van der Waals surface area (Å²) in [5.41, 5.74) is 2.40. The third kappa shape index (κ3) is 8.70. The van der Waals surface area contributed by atoms with Gasteiger partial charge in [0.05, 0.1) is 0 Å². The van der Waals surface area contributed by atoms with E-state index < -0.39 is 0 Å². The molecule has 0 fully saturated rings. The minimum absolute atomic E-state index is 0.0296. The Balaban J connectivity index is 2.10. The van der Waals surface area contributed by atoms with E-state index in [1.165, 1.54) is 56.1 Å². The molecule has 0 aliphatic heterocycles. The Kier molecular flexibility index (Phi) is 10.8. The summed E-state index contributed by atoms with van der Waals surface area (Å²) in [5, 5.41) is 0. The van der Waals surface area contributed by atoms with Crippen molar-refractivity contribution in [1.29, 1.82) is 0 Å². The average Bonchev–Trinajstić information content (AvgIpc) is 2.55. The van der Waals surface area contributed by atoms with Crippen LogP contribution in [0.2, 0.25) is 0 Å². The first-order valence-electron chi connectivity index (χ1n) is 10.1. The van der Waals surface area contributed by atoms with Crippen molar-refractivity contribution < 1.29 is 9.53 Å². The second-order valence-electron chi connectivity index (χ2n) is 7.52. The lowest BCUT2D eigenvalue weighted by Gasteiger charge is -2.28. The predicted molar refractivity (Wildman–Crippen MR) is 103 cm³/mol. The Labute approximate surface area is 149 Å². The van der Waals surface area contributed by atoms with E-state index in [0.717, 1.165) is 25.7 Å². The first kappa shape index (κ1) is 21.0. The van der Waals surface area contributed by atoms with Gasteiger partial charge in [-0.1, -0.05) is 76.5 Å². The zero-order valence-electron chi connectivity index (χ0n) is 16.2. The number of unbranched alkanes of at least 4 members (excludes halogenated alkanes) is 8. The molecule has 0 spiro atoms. The lowest BCUT2D eigenvalue weighted by atomic mass is 9.84. The van der Waals surface area contributed by atoms with Gasteiger partial charge in [0, 0.05) is 6.42 Å². The van der Waals surface area contributed by atoms with Crippen molar-refractivity contribution in [1.82, 2.24) is 0 Å². The van der Waals surface area contributed by atoms with E-state index >= 15 is 0 Å². The van der Waals surface area contributed by atoms with Crippen LogP contribution in [0.25, 0.3) is 0 Å². The molecule has 1 rings (SSSR count). The maximum Gasteiger partial charge on any atom is 0.306 e. The predicted octanol–water partition coefficient (Wildman–Crippen LogP) is 6.75. The number of allylic oxidation sites excluding steroid dienone is 2. The van der Waals surface area contributed by atoms with Crippen molar-refractivity contribution in [3.05, 3.63) is 23.8 Å². The molecule has 0 heterocycles. The van der Waals surface area contributed by atoms with Crippen LogP contribution in [0, 0.1) is 5.92 Å². The molecule has 2 atom stereocenters. The number of ether oxygens (including phenoxy) is 1. The quantitative estimate of drug-likeness (QED) is 0.224. The molecule has 24 heavy (non-hydrogen) atoms. The van der Waals surface area contributed by atoms with E-state index in [1.807, 2.05) is 0 Å². The Morgan fingerprint density at radius 2 is 1.71 bits per heavy atom. The van der Waals surface area contributed by atoms with Gasteiger partial charge in [0.15, 0.2) is 0 Å². The second kappa shape index (κ2) is 12.3. The molecule has 0 aromatic heterocycles. The van der Waals surface area contributed by atoms with Gasteiger partial charge in [-0.2, -0.15) is 0 Å². The lowest BCUT2D eigenvalue weighted by molar-refractivity contribution is -0.148. The molecular weight excluding hydrogens is 296 g/mol. The lowest BCUT2D eigenvalue weighted by Crippen LogP contribution is -2.26. The van der Waals surface area contributed by atoms with Crippen molar-refractivity contribution in [2.45, 2.75) is 104 Å². The van der Waals surface area contributed by atoms with Gasteiger partial charge in [0.1, 0.15) is 6.10 Å². The van der Waals surface area contributed by atoms with Crippen LogP contribution in [0.4, 0.5) is 0 Å². The maximum atomic E-state index is 12.1. The van der Waals surface area contributed by atoms with Crippen molar-refractivity contribution in [3.8, 4) is 0 Å². The summed E-state index contributed by atoms with van der Waals surface area (Å²) in [6, 6.07) is 0. The molecule has 0 N–H and O–H groups in total. The molecule has 2 nitrogen and oxygen atoms in total. The van der Waals surface area contributed by atoms with Crippen LogP contribution >= 0.6 is 0 Å². The van der Waals surface area contributed by atoms with Crippen molar-refractivity contribution in [2.24, 2.45) is 5.92 Å². The standard InChI is InChI=1S/C22H38O2/c1-5-6-7-8-9-10-11-12-13-14-22(23)24-21-17-20(18(2)3)16-15-19(21)4/h15,20-21H,2,5-14,16-17H2,1,3-4H3. The molecule has 0 amide bonds. The first-order chi connectivity index (χ1) is 11.5. The number of hydrogen-bond acceptors (Lipinski definition) is 2. The van der Waals surface area contributed by atoms with E-state index in [2.05, 4.69) is 33.4 Å². The van der Waals surface area contributed by atoms with Crippen LogP contribution in [-0.4, -0.2) is 12.1 Å². The van der Waals surface area contributed by atoms with Crippen LogP contribution < -0.4 is 0 Å². The minimum Gasteiger partial charge on any atom is -0.458 e. The number of rotatable bonds is 12. The zero-order chi connectivity index (χ0) is 17.8. The average molecular weight is 335 g/mol. The normalized spacial score (nSPS) is 20.5. The summed E-state index contributed by atoms with van der Waals surface area (Å²) < 4.78 is 5.71. The molecule has 0 saturated heterocycles. The Morgan fingerprint density at radius 1 is 1.12 bits per heavy atom. The first-order valence-corrected chi connectivity index (χ1v) is 10.1. The molecule has 138 valence electrons.